The van der Waals surface area contributed by atoms with Crippen molar-refractivity contribution in [3.8, 4) is 11.3 Å². The molecule has 3 aromatic heterocycles. The standard InChI is InChI=1S/C27H20NS2.C15H28O2.Ir/c1-27(2,3)22-14-18(12-16-6-4-5-7-19(16)22)25-26-20(8-10-28-25)21-13-17-9-11-29-23(17)15-24(21)30-26;1-7-14(5,8-2)12(16)11-13(17)15(6,9-3)10-4;/h4-11,13-15H,1-3H3;11,16H,7-10H2,1-6H3;/q-1;;/b;12-11-;. The van der Waals surface area contributed by atoms with E-state index in [2.05, 4.69) is 86.8 Å². The monoisotopic (exact) mass is 855 g/mol. The predicted molar refractivity (Wildman–Crippen MR) is 206 cm³/mol. The summed E-state index contributed by atoms with van der Waals surface area (Å²) in [6, 6.07) is 23.6. The van der Waals surface area contributed by atoms with Crippen molar-refractivity contribution >= 4 is 69.5 Å². The van der Waals surface area contributed by atoms with Crippen LogP contribution in [0.15, 0.2) is 78.0 Å². The molecular weight excluding hydrogens is 807 g/mol. The van der Waals surface area contributed by atoms with E-state index in [-0.39, 0.29) is 47.9 Å². The summed E-state index contributed by atoms with van der Waals surface area (Å²) in [5.41, 5.74) is 2.90. The van der Waals surface area contributed by atoms with Gasteiger partial charge in [0.2, 0.25) is 0 Å². The molecule has 0 spiro atoms. The SMILES string of the molecule is CC(C)(C)c1cc(-c2nccc3c2sc2cc4sccc4cc23)[c-]c2ccccc12.CCC(C)(CC)C(=O)/C=C(\O)C(C)(CC)CC.[Ir]. The minimum absolute atomic E-state index is 0. The van der Waals surface area contributed by atoms with Gasteiger partial charge in [0.25, 0.3) is 0 Å². The third-order valence-electron chi connectivity index (χ3n) is 10.4. The van der Waals surface area contributed by atoms with Crippen molar-refractivity contribution < 1.29 is 30.0 Å². The number of aromatic nitrogens is 1. The Hall–Kier alpha value is -2.89. The number of aliphatic hydroxyl groups is 1. The van der Waals surface area contributed by atoms with Gasteiger partial charge in [0.05, 0.1) is 0 Å². The van der Waals surface area contributed by atoms with Crippen molar-refractivity contribution in [1.29, 1.82) is 0 Å². The Balaban J connectivity index is 0.000000251. The Morgan fingerprint density at radius 1 is 0.833 bits per heavy atom. The van der Waals surface area contributed by atoms with Gasteiger partial charge in [0.1, 0.15) is 5.76 Å². The van der Waals surface area contributed by atoms with Crippen molar-refractivity contribution in [3.05, 3.63) is 89.6 Å². The average Bonchev–Trinajstić information content (AvgIpc) is 3.69. The largest absolute Gasteiger partial charge is 0.512 e. The van der Waals surface area contributed by atoms with Crippen molar-refractivity contribution in [2.45, 2.75) is 93.4 Å². The van der Waals surface area contributed by atoms with E-state index in [1.54, 1.807) is 11.3 Å². The molecule has 1 N–H and O–H groups in total. The van der Waals surface area contributed by atoms with Crippen molar-refractivity contribution in [3.63, 3.8) is 0 Å². The zero-order valence-electron chi connectivity index (χ0n) is 29.7. The summed E-state index contributed by atoms with van der Waals surface area (Å²) in [5.74, 6) is 0.286. The van der Waals surface area contributed by atoms with Gasteiger partial charge in [-0.05, 0) is 71.5 Å². The number of rotatable bonds is 8. The quantitative estimate of drug-likeness (QED) is 0.0943. The number of benzene rings is 3. The van der Waals surface area contributed by atoms with Gasteiger partial charge < -0.3 is 5.11 Å². The fourth-order valence-corrected chi connectivity index (χ4v) is 8.12. The zero-order valence-corrected chi connectivity index (χ0v) is 33.7. The first-order valence-electron chi connectivity index (χ1n) is 16.9. The molecule has 3 heterocycles. The van der Waals surface area contributed by atoms with Crippen LogP contribution in [-0.2, 0) is 30.3 Å². The van der Waals surface area contributed by atoms with Gasteiger partial charge in [-0.25, -0.2) is 0 Å². The maximum atomic E-state index is 12.2. The van der Waals surface area contributed by atoms with E-state index in [1.165, 1.54) is 47.3 Å². The summed E-state index contributed by atoms with van der Waals surface area (Å²) < 4.78 is 3.92. The second-order valence-corrected chi connectivity index (χ2v) is 16.3. The molecule has 0 amide bonds. The fourth-order valence-electron chi connectivity index (χ4n) is 6.01. The Bertz CT molecular complexity index is 2090. The minimum Gasteiger partial charge on any atom is -0.512 e. The van der Waals surface area contributed by atoms with E-state index < -0.39 is 0 Å². The number of aliphatic hydroxyl groups excluding tert-OH is 1. The number of fused-ring (bicyclic) bond motifs is 5. The number of hydrogen-bond donors (Lipinski definition) is 1. The summed E-state index contributed by atoms with van der Waals surface area (Å²) >= 11 is 3.65. The molecule has 0 aliphatic rings. The first kappa shape index (κ1) is 37.9. The van der Waals surface area contributed by atoms with Gasteiger partial charge >= 0.3 is 0 Å². The van der Waals surface area contributed by atoms with Gasteiger partial charge in [0.15, 0.2) is 5.78 Å². The molecule has 0 atom stereocenters. The zero-order chi connectivity index (χ0) is 34.1. The maximum absolute atomic E-state index is 12.2. The van der Waals surface area contributed by atoms with E-state index in [9.17, 15) is 9.90 Å². The second-order valence-electron chi connectivity index (χ2n) is 14.3. The maximum Gasteiger partial charge on any atom is 0.164 e. The molecule has 0 aliphatic heterocycles. The van der Waals surface area contributed by atoms with Crippen LogP contribution in [-0.4, -0.2) is 15.9 Å². The van der Waals surface area contributed by atoms with E-state index in [1.807, 2.05) is 59.1 Å². The summed E-state index contributed by atoms with van der Waals surface area (Å²) in [7, 11) is 0. The van der Waals surface area contributed by atoms with Gasteiger partial charge in [-0.1, -0.05) is 91.5 Å². The van der Waals surface area contributed by atoms with E-state index in [0.29, 0.717) is 0 Å². The van der Waals surface area contributed by atoms with E-state index in [4.69, 9.17) is 4.98 Å². The van der Waals surface area contributed by atoms with Crippen molar-refractivity contribution in [1.82, 2.24) is 4.98 Å². The number of carbonyl (C=O) groups is 1. The number of carbonyl (C=O) groups excluding carboxylic acids is 1. The number of thiophene rings is 2. The van der Waals surface area contributed by atoms with Crippen molar-refractivity contribution in [2.75, 3.05) is 0 Å². The van der Waals surface area contributed by atoms with Crippen LogP contribution < -0.4 is 0 Å². The number of pyridine rings is 1. The van der Waals surface area contributed by atoms with E-state index >= 15 is 0 Å². The molecule has 255 valence electrons. The van der Waals surface area contributed by atoms with Gasteiger partial charge in [0, 0.05) is 68.4 Å². The number of hydrogen-bond acceptors (Lipinski definition) is 5. The Kier molecular flexibility index (Phi) is 11.8. The second kappa shape index (κ2) is 14.9. The predicted octanol–water partition coefficient (Wildman–Crippen LogP) is 13.2. The molecule has 0 unspecified atom stereocenters. The molecule has 6 aromatic rings. The number of ketones is 1. The van der Waals surface area contributed by atoms with Crippen LogP contribution in [0.5, 0.6) is 0 Å². The Morgan fingerprint density at radius 2 is 1.50 bits per heavy atom. The molecule has 0 aliphatic carbocycles. The Labute approximate surface area is 307 Å². The third kappa shape index (κ3) is 7.33. The van der Waals surface area contributed by atoms with E-state index in [0.717, 1.165) is 42.3 Å². The summed E-state index contributed by atoms with van der Waals surface area (Å²) in [5, 5.41) is 18.7. The normalized spacial score (nSPS) is 12.7. The summed E-state index contributed by atoms with van der Waals surface area (Å²) in [6.07, 6.45) is 6.70. The summed E-state index contributed by atoms with van der Waals surface area (Å²) in [4.78, 5) is 17.0. The topological polar surface area (TPSA) is 50.2 Å². The molecule has 48 heavy (non-hydrogen) atoms. The first-order valence-corrected chi connectivity index (χ1v) is 18.6. The first-order chi connectivity index (χ1) is 22.3. The molecule has 3 aromatic carbocycles. The molecule has 6 rings (SSSR count). The Morgan fingerprint density at radius 3 is 2.15 bits per heavy atom. The van der Waals surface area contributed by atoms with Crippen LogP contribution in [0.25, 0.3) is 52.3 Å². The van der Waals surface area contributed by atoms with Gasteiger partial charge in [-0.15, -0.1) is 51.8 Å². The third-order valence-corrected chi connectivity index (χ3v) is 12.5. The van der Waals surface area contributed by atoms with Gasteiger partial charge in [-0.3, -0.25) is 9.78 Å². The van der Waals surface area contributed by atoms with Crippen molar-refractivity contribution in [2.24, 2.45) is 10.8 Å². The molecule has 0 bridgehead atoms. The molecule has 0 saturated carbocycles. The van der Waals surface area contributed by atoms with Crippen LogP contribution >= 0.6 is 22.7 Å². The minimum atomic E-state index is -0.337. The number of nitrogens with zero attached hydrogens (tertiary/aromatic N) is 1. The molecule has 3 nitrogen and oxygen atoms in total. The average molecular weight is 855 g/mol. The van der Waals surface area contributed by atoms with Crippen LogP contribution in [0.1, 0.15) is 93.6 Å². The number of allylic oxidation sites excluding steroid dienone is 2. The molecule has 1 radical (unpaired) electrons. The molecule has 6 heteroatoms. The van der Waals surface area contributed by atoms with Gasteiger partial charge in [-0.2, -0.15) is 0 Å². The molecule has 0 saturated heterocycles. The van der Waals surface area contributed by atoms with Crippen LogP contribution in [0.4, 0.5) is 0 Å². The molecular formula is C42H48IrNO2S2-. The summed E-state index contributed by atoms with van der Waals surface area (Å²) in [6.45, 7) is 18.9. The molecule has 0 fully saturated rings. The van der Waals surface area contributed by atoms with Crippen LogP contribution in [0.2, 0.25) is 0 Å². The smallest absolute Gasteiger partial charge is 0.164 e. The van der Waals surface area contributed by atoms with Crippen LogP contribution in [0.3, 0.4) is 0 Å². The van der Waals surface area contributed by atoms with Crippen LogP contribution in [0, 0.1) is 16.9 Å². The fraction of sp³-hybridized carbons (Fsp3) is 0.381.